The van der Waals surface area contributed by atoms with E-state index in [2.05, 4.69) is 29.6 Å². The molecule has 0 heterocycles. The van der Waals surface area contributed by atoms with Crippen molar-refractivity contribution in [3.8, 4) is 11.1 Å². The Bertz CT molecular complexity index is 1020. The summed E-state index contributed by atoms with van der Waals surface area (Å²) in [6.45, 7) is 5.85. The van der Waals surface area contributed by atoms with Gasteiger partial charge in [0.1, 0.15) is 13.2 Å². The molecule has 2 N–H and O–H groups in total. The van der Waals surface area contributed by atoms with Gasteiger partial charge in [-0.15, -0.1) is 0 Å². The second kappa shape index (κ2) is 11.4. The van der Waals surface area contributed by atoms with E-state index in [1.54, 1.807) is 0 Å². The summed E-state index contributed by atoms with van der Waals surface area (Å²) < 4.78 is 10.6. The number of benzene rings is 2. The van der Waals surface area contributed by atoms with Crippen LogP contribution in [0.15, 0.2) is 48.5 Å². The minimum absolute atomic E-state index is 0.0509. The molecular formula is C27H34N2O6. The monoisotopic (exact) mass is 482 g/mol. The molecule has 0 saturated carbocycles. The van der Waals surface area contributed by atoms with Gasteiger partial charge in [0.25, 0.3) is 0 Å². The summed E-state index contributed by atoms with van der Waals surface area (Å²) in [5.41, 5.74) is 4.06. The Labute approximate surface area is 206 Å². The molecule has 1 aliphatic carbocycles. The molecule has 1 atom stereocenters. The second-order valence-electron chi connectivity index (χ2n) is 9.79. The largest absolute Gasteiger partial charge is 0.480 e. The van der Waals surface area contributed by atoms with Gasteiger partial charge in [0.05, 0.1) is 6.61 Å². The third-order valence-electron chi connectivity index (χ3n) is 6.30. The average molecular weight is 483 g/mol. The molecule has 0 spiro atoms. The summed E-state index contributed by atoms with van der Waals surface area (Å²) in [6.07, 6.45) is -0.661. The van der Waals surface area contributed by atoms with E-state index in [4.69, 9.17) is 14.6 Å². The molecular weight excluding hydrogens is 448 g/mol. The number of alkyl carbamates (subject to hydrolysis) is 1. The van der Waals surface area contributed by atoms with E-state index in [0.717, 1.165) is 22.3 Å². The van der Waals surface area contributed by atoms with Crippen molar-refractivity contribution in [2.24, 2.45) is 5.41 Å². The smallest absolute Gasteiger partial charge is 0.407 e. The van der Waals surface area contributed by atoms with E-state index in [-0.39, 0.29) is 38.0 Å². The molecule has 1 unspecified atom stereocenters. The van der Waals surface area contributed by atoms with Crippen LogP contribution in [-0.4, -0.2) is 67.4 Å². The molecule has 0 aliphatic heterocycles. The highest BCUT2D eigenvalue weighted by atomic mass is 16.5. The van der Waals surface area contributed by atoms with E-state index in [1.807, 2.05) is 45.0 Å². The quantitative estimate of drug-likeness (QED) is 0.532. The predicted octanol–water partition coefficient (Wildman–Crippen LogP) is 3.89. The van der Waals surface area contributed by atoms with Crippen LogP contribution < -0.4 is 5.32 Å². The predicted molar refractivity (Wildman–Crippen MR) is 132 cm³/mol. The molecule has 0 aromatic heterocycles. The lowest BCUT2D eigenvalue weighted by atomic mass is 9.84. The zero-order valence-electron chi connectivity index (χ0n) is 20.7. The Morgan fingerprint density at radius 3 is 2.11 bits per heavy atom. The Morgan fingerprint density at radius 2 is 1.60 bits per heavy atom. The first-order valence-corrected chi connectivity index (χ1v) is 11.7. The number of aliphatic carboxylic acids is 1. The maximum Gasteiger partial charge on any atom is 0.407 e. The van der Waals surface area contributed by atoms with Crippen molar-refractivity contribution in [1.29, 1.82) is 0 Å². The third-order valence-corrected chi connectivity index (χ3v) is 6.30. The number of carbonyl (C=O) groups excluding carboxylic acids is 2. The van der Waals surface area contributed by atoms with Gasteiger partial charge in [-0.3, -0.25) is 9.59 Å². The fourth-order valence-corrected chi connectivity index (χ4v) is 4.32. The summed E-state index contributed by atoms with van der Waals surface area (Å²) in [4.78, 5) is 38.1. The fourth-order valence-electron chi connectivity index (χ4n) is 4.32. The first kappa shape index (κ1) is 26.2. The van der Waals surface area contributed by atoms with Gasteiger partial charge >= 0.3 is 12.1 Å². The third kappa shape index (κ3) is 6.60. The first-order chi connectivity index (χ1) is 16.6. The summed E-state index contributed by atoms with van der Waals surface area (Å²) >= 11 is 0. The minimum atomic E-state index is -1.11. The Kier molecular flexibility index (Phi) is 8.51. The number of carbonyl (C=O) groups is 3. The van der Waals surface area contributed by atoms with Gasteiger partial charge in [-0.1, -0.05) is 69.3 Å². The number of nitrogens with zero attached hydrogens (tertiary/aromatic N) is 1. The van der Waals surface area contributed by atoms with Gasteiger partial charge in [-0.2, -0.15) is 0 Å². The number of hydrogen-bond donors (Lipinski definition) is 2. The van der Waals surface area contributed by atoms with Crippen molar-refractivity contribution >= 4 is 18.0 Å². The summed E-state index contributed by atoms with van der Waals surface area (Å²) in [7, 11) is 1.49. The molecule has 2 aromatic carbocycles. The topological polar surface area (TPSA) is 105 Å². The van der Waals surface area contributed by atoms with Crippen LogP contribution in [0.5, 0.6) is 0 Å². The van der Waals surface area contributed by atoms with Gasteiger partial charge in [-0.25, -0.2) is 4.79 Å². The van der Waals surface area contributed by atoms with Gasteiger partial charge in [0.15, 0.2) is 0 Å². The lowest BCUT2D eigenvalue weighted by Gasteiger charge is -2.32. The number of carboxylic acid groups (broad SMARTS) is 1. The number of amides is 2. The molecule has 8 heteroatoms. The maximum atomic E-state index is 12.9. The lowest BCUT2D eigenvalue weighted by Crippen LogP contribution is -2.48. The van der Waals surface area contributed by atoms with E-state index < -0.39 is 30.1 Å². The molecule has 3 rings (SSSR count). The summed E-state index contributed by atoms with van der Waals surface area (Å²) in [5.74, 6) is -1.54. The van der Waals surface area contributed by atoms with E-state index >= 15 is 0 Å². The lowest BCUT2D eigenvalue weighted by molar-refractivity contribution is -0.145. The Balaban J connectivity index is 1.66. The molecule has 0 fully saturated rings. The second-order valence-corrected chi connectivity index (χ2v) is 9.79. The molecule has 0 saturated heterocycles. The van der Waals surface area contributed by atoms with Crippen molar-refractivity contribution < 1.29 is 29.0 Å². The highest BCUT2D eigenvalue weighted by Crippen LogP contribution is 2.44. The zero-order chi connectivity index (χ0) is 25.6. The molecule has 8 nitrogen and oxygen atoms in total. The fraction of sp³-hybridized carbons (Fsp3) is 0.444. The van der Waals surface area contributed by atoms with Crippen molar-refractivity contribution in [3.63, 3.8) is 0 Å². The summed E-state index contributed by atoms with van der Waals surface area (Å²) in [5, 5.41) is 12.0. The summed E-state index contributed by atoms with van der Waals surface area (Å²) in [6, 6.07) is 15.6. The van der Waals surface area contributed by atoms with Gasteiger partial charge < -0.3 is 24.8 Å². The average Bonchev–Trinajstić information content (AvgIpc) is 3.13. The molecule has 2 amide bonds. The number of fused-ring (bicyclic) bond motifs is 3. The van der Waals surface area contributed by atoms with E-state index in [1.165, 1.54) is 12.0 Å². The molecule has 1 aliphatic rings. The number of rotatable bonds is 10. The number of carboxylic acids is 1. The van der Waals surface area contributed by atoms with E-state index in [0.29, 0.717) is 0 Å². The van der Waals surface area contributed by atoms with Crippen LogP contribution >= 0.6 is 0 Å². The normalized spacial score (nSPS) is 13.5. The molecule has 35 heavy (non-hydrogen) atoms. The molecule has 0 bridgehead atoms. The highest BCUT2D eigenvalue weighted by Gasteiger charge is 2.33. The van der Waals surface area contributed by atoms with E-state index in [9.17, 15) is 14.4 Å². The number of hydrogen-bond acceptors (Lipinski definition) is 5. The SMILES string of the molecule is COCCN(CC(=O)O)C(=O)CC(NC(=O)OCC1c2ccccc2-c2ccccc21)C(C)(C)C. The minimum Gasteiger partial charge on any atom is -0.480 e. The number of methoxy groups -OCH3 is 1. The van der Waals surface area contributed by atoms with Gasteiger partial charge in [-0.05, 0) is 27.7 Å². The molecule has 2 aromatic rings. The van der Waals surface area contributed by atoms with Crippen LogP contribution in [-0.2, 0) is 19.1 Å². The number of ether oxygens (including phenoxy) is 2. The maximum absolute atomic E-state index is 12.9. The Morgan fingerprint density at radius 1 is 1.03 bits per heavy atom. The first-order valence-electron chi connectivity index (χ1n) is 11.7. The van der Waals surface area contributed by atoms with Crippen molar-refractivity contribution in [1.82, 2.24) is 10.2 Å². The molecule has 188 valence electrons. The van der Waals surface area contributed by atoms with Crippen molar-refractivity contribution in [3.05, 3.63) is 59.7 Å². The number of nitrogens with one attached hydrogen (secondary N) is 1. The Hall–Kier alpha value is -3.39. The van der Waals surface area contributed by atoms with Crippen LogP contribution in [0.25, 0.3) is 11.1 Å². The van der Waals surface area contributed by atoms with Crippen molar-refractivity contribution in [2.45, 2.75) is 39.2 Å². The van der Waals surface area contributed by atoms with Crippen LogP contribution in [0.4, 0.5) is 4.79 Å². The van der Waals surface area contributed by atoms with Crippen molar-refractivity contribution in [2.75, 3.05) is 33.4 Å². The highest BCUT2D eigenvalue weighted by molar-refractivity contribution is 5.82. The van der Waals surface area contributed by atoms with Crippen LogP contribution in [0, 0.1) is 5.41 Å². The van der Waals surface area contributed by atoms with Gasteiger partial charge in [0, 0.05) is 32.0 Å². The molecule has 0 radical (unpaired) electrons. The van der Waals surface area contributed by atoms with Crippen LogP contribution in [0.3, 0.4) is 0 Å². The van der Waals surface area contributed by atoms with Gasteiger partial charge in [0.2, 0.25) is 5.91 Å². The zero-order valence-corrected chi connectivity index (χ0v) is 20.7. The van der Waals surface area contributed by atoms with Crippen LogP contribution in [0.1, 0.15) is 44.2 Å². The van der Waals surface area contributed by atoms with Crippen LogP contribution in [0.2, 0.25) is 0 Å². The standard InChI is InChI=1S/C27H34N2O6/c1-27(2,3)23(15-24(30)29(13-14-34-4)16-25(31)32)28-26(33)35-17-22-20-11-7-5-9-18(20)19-10-6-8-12-21(19)22/h5-12,22-23H,13-17H2,1-4H3,(H,28,33)(H,31,32).